The smallest absolute Gasteiger partial charge is 0.335 e. The number of nitrogens with zero attached hydrogens (tertiary/aromatic N) is 3. The van der Waals surface area contributed by atoms with Crippen LogP contribution in [0.1, 0.15) is 56.7 Å². The van der Waals surface area contributed by atoms with Gasteiger partial charge in [-0.15, -0.1) is 0 Å². The van der Waals surface area contributed by atoms with Crippen molar-refractivity contribution in [3.8, 4) is 17.5 Å². The van der Waals surface area contributed by atoms with Crippen molar-refractivity contribution < 1.29 is 21.6 Å². The van der Waals surface area contributed by atoms with Crippen molar-refractivity contribution in [2.75, 3.05) is 0 Å². The van der Waals surface area contributed by atoms with Gasteiger partial charge in [0.15, 0.2) is 0 Å². The van der Waals surface area contributed by atoms with Crippen LogP contribution in [0.2, 0.25) is 0 Å². The second-order valence-corrected chi connectivity index (χ2v) is 10.3. The molecule has 0 saturated heterocycles. The monoisotopic (exact) mass is 490 g/mol. The number of alkyl halides is 3. The minimum absolute atomic E-state index is 0.187. The minimum Gasteiger partial charge on any atom is -0.335 e. The molecule has 1 saturated carbocycles. The first-order valence-electron chi connectivity index (χ1n) is 11.2. The minimum atomic E-state index is -4.71. The number of pyridine rings is 1. The Morgan fingerprint density at radius 2 is 1.94 bits per heavy atom. The standard InChI is InChI=1S/C24H25F3N4O2S/c1-3-16-8-11-22-19(12-16)20(13-28)23(31(22)17-6-4-5-7-17)21-10-9-18(14-29-21)34(32,33)30-15(2)24(25,26)27/h8-12,14-15,17,30H,3-7H2,1-2H3/t15-/m0/s1. The normalized spacial score (nSPS) is 16.1. The highest BCUT2D eigenvalue weighted by Gasteiger charge is 2.39. The van der Waals surface area contributed by atoms with Crippen LogP contribution in [0.3, 0.4) is 0 Å². The molecule has 10 heteroatoms. The summed E-state index contributed by atoms with van der Waals surface area (Å²) in [5.74, 6) is 0. The molecule has 2 aromatic heterocycles. The number of hydrogen-bond acceptors (Lipinski definition) is 4. The lowest BCUT2D eigenvalue weighted by Crippen LogP contribution is -2.42. The van der Waals surface area contributed by atoms with Crippen LogP contribution in [0.25, 0.3) is 22.3 Å². The second kappa shape index (κ2) is 9.04. The van der Waals surface area contributed by atoms with E-state index in [-0.39, 0.29) is 10.9 Å². The molecular formula is C24H25F3N4O2S. The van der Waals surface area contributed by atoms with Crippen LogP contribution in [-0.4, -0.2) is 30.2 Å². The van der Waals surface area contributed by atoms with Gasteiger partial charge in [0.2, 0.25) is 10.0 Å². The third-order valence-electron chi connectivity index (χ3n) is 6.39. The highest BCUT2D eigenvalue weighted by atomic mass is 32.2. The fraction of sp³-hybridized carbons (Fsp3) is 0.417. The van der Waals surface area contributed by atoms with Crippen LogP contribution in [-0.2, 0) is 16.4 Å². The van der Waals surface area contributed by atoms with Crippen LogP contribution in [0, 0.1) is 11.3 Å². The fourth-order valence-electron chi connectivity index (χ4n) is 4.54. The predicted molar refractivity (Wildman–Crippen MR) is 123 cm³/mol. The lowest BCUT2D eigenvalue weighted by molar-refractivity contribution is -0.147. The molecule has 1 aliphatic rings. The predicted octanol–water partition coefficient (Wildman–Crippen LogP) is 5.48. The van der Waals surface area contributed by atoms with Crippen molar-refractivity contribution in [3.05, 3.63) is 47.7 Å². The van der Waals surface area contributed by atoms with E-state index >= 15 is 0 Å². The Labute approximate surface area is 196 Å². The van der Waals surface area contributed by atoms with E-state index in [0.29, 0.717) is 17.0 Å². The summed E-state index contributed by atoms with van der Waals surface area (Å²) in [4.78, 5) is 3.92. The molecule has 0 spiro atoms. The van der Waals surface area contributed by atoms with E-state index < -0.39 is 22.2 Å². The van der Waals surface area contributed by atoms with Crippen LogP contribution in [0.5, 0.6) is 0 Å². The molecule has 2 heterocycles. The van der Waals surface area contributed by atoms with E-state index in [4.69, 9.17) is 0 Å². The molecule has 3 aromatic rings. The van der Waals surface area contributed by atoms with Crippen molar-refractivity contribution in [1.82, 2.24) is 14.3 Å². The molecule has 0 amide bonds. The van der Waals surface area contributed by atoms with Gasteiger partial charge in [0.25, 0.3) is 0 Å². The number of aryl methyl sites for hydroxylation is 1. The topological polar surface area (TPSA) is 87.8 Å². The van der Waals surface area contributed by atoms with Gasteiger partial charge in [-0.3, -0.25) is 4.98 Å². The second-order valence-electron chi connectivity index (χ2n) is 8.61. The first-order valence-corrected chi connectivity index (χ1v) is 12.7. The Kier molecular flexibility index (Phi) is 6.44. The molecule has 0 aliphatic heterocycles. The Morgan fingerprint density at radius 1 is 1.24 bits per heavy atom. The molecule has 0 bridgehead atoms. The molecule has 180 valence electrons. The SMILES string of the molecule is CCc1ccc2c(c1)c(C#N)c(-c1ccc(S(=O)(=O)N[C@@H](C)C(F)(F)F)cn1)n2C1CCCC1. The van der Waals surface area contributed by atoms with Gasteiger partial charge in [-0.05, 0) is 56.0 Å². The quantitative estimate of drug-likeness (QED) is 0.496. The summed E-state index contributed by atoms with van der Waals surface area (Å²) in [6.07, 6.45) is 1.22. The van der Waals surface area contributed by atoms with Crippen LogP contribution in [0.4, 0.5) is 13.2 Å². The molecule has 6 nitrogen and oxygen atoms in total. The van der Waals surface area contributed by atoms with E-state index in [1.807, 2.05) is 25.1 Å². The lowest BCUT2D eigenvalue weighted by atomic mass is 10.1. The Hall–Kier alpha value is -2.90. The van der Waals surface area contributed by atoms with Gasteiger partial charge in [-0.2, -0.15) is 23.2 Å². The maximum absolute atomic E-state index is 12.8. The molecule has 1 fully saturated rings. The average Bonchev–Trinajstić information content (AvgIpc) is 3.43. The van der Waals surface area contributed by atoms with Gasteiger partial charge < -0.3 is 4.57 Å². The lowest BCUT2D eigenvalue weighted by Gasteiger charge is -2.19. The van der Waals surface area contributed by atoms with Gasteiger partial charge >= 0.3 is 6.18 Å². The molecule has 0 unspecified atom stereocenters. The third-order valence-corrected chi connectivity index (χ3v) is 7.92. The van der Waals surface area contributed by atoms with Crippen LogP contribution < -0.4 is 4.72 Å². The summed E-state index contributed by atoms with van der Waals surface area (Å²) >= 11 is 0. The average molecular weight is 491 g/mol. The van der Waals surface area contributed by atoms with Crippen LogP contribution >= 0.6 is 0 Å². The molecule has 4 rings (SSSR count). The number of hydrogen-bond donors (Lipinski definition) is 1. The summed E-state index contributed by atoms with van der Waals surface area (Å²) in [6.45, 7) is 2.78. The van der Waals surface area contributed by atoms with Gasteiger partial charge in [0, 0.05) is 17.6 Å². The number of halogens is 3. The van der Waals surface area contributed by atoms with Gasteiger partial charge in [-0.25, -0.2) is 8.42 Å². The molecule has 0 radical (unpaired) electrons. The van der Waals surface area contributed by atoms with Gasteiger partial charge in [-0.1, -0.05) is 25.8 Å². The zero-order valence-electron chi connectivity index (χ0n) is 18.9. The zero-order chi connectivity index (χ0) is 24.7. The zero-order valence-corrected chi connectivity index (χ0v) is 19.7. The summed E-state index contributed by atoms with van der Waals surface area (Å²) in [6, 6.07) is 8.98. The maximum atomic E-state index is 12.8. The van der Waals surface area contributed by atoms with Crippen molar-refractivity contribution in [1.29, 1.82) is 5.26 Å². The Morgan fingerprint density at radius 3 is 2.50 bits per heavy atom. The molecule has 1 N–H and O–H groups in total. The van der Waals surface area contributed by atoms with Gasteiger partial charge in [0.1, 0.15) is 17.0 Å². The number of nitriles is 1. The van der Waals surface area contributed by atoms with Crippen molar-refractivity contribution in [3.63, 3.8) is 0 Å². The largest absolute Gasteiger partial charge is 0.404 e. The van der Waals surface area contributed by atoms with Crippen molar-refractivity contribution in [2.24, 2.45) is 0 Å². The van der Waals surface area contributed by atoms with E-state index in [1.54, 1.807) is 4.72 Å². The Balaban J connectivity index is 1.82. The van der Waals surface area contributed by atoms with E-state index in [9.17, 15) is 26.9 Å². The number of sulfonamides is 1. The Bertz CT molecular complexity index is 1350. The number of aromatic nitrogens is 2. The molecule has 1 aromatic carbocycles. The number of rotatable bonds is 6. The summed E-state index contributed by atoms with van der Waals surface area (Å²) < 4.78 is 67.1. The van der Waals surface area contributed by atoms with E-state index in [2.05, 4.69) is 15.6 Å². The number of benzene rings is 1. The fourth-order valence-corrected chi connectivity index (χ4v) is 5.71. The summed E-state index contributed by atoms with van der Waals surface area (Å²) in [7, 11) is -4.42. The number of nitrogens with one attached hydrogen (secondary N) is 1. The highest BCUT2D eigenvalue weighted by Crippen LogP contribution is 2.41. The maximum Gasteiger partial charge on any atom is 0.404 e. The first kappa shape index (κ1) is 24.2. The van der Waals surface area contributed by atoms with E-state index in [1.165, 1.54) is 12.1 Å². The van der Waals surface area contributed by atoms with Gasteiger partial charge in [0.05, 0.1) is 22.5 Å². The molecule has 34 heavy (non-hydrogen) atoms. The molecule has 1 atom stereocenters. The van der Waals surface area contributed by atoms with Crippen molar-refractivity contribution >= 4 is 20.9 Å². The first-order chi connectivity index (χ1) is 16.1. The molecular weight excluding hydrogens is 465 g/mol. The van der Waals surface area contributed by atoms with Crippen LogP contribution in [0.15, 0.2) is 41.4 Å². The third kappa shape index (κ3) is 4.42. The highest BCUT2D eigenvalue weighted by molar-refractivity contribution is 7.89. The molecule has 1 aliphatic carbocycles. The number of fused-ring (bicyclic) bond motifs is 1. The van der Waals surface area contributed by atoms with Crippen molar-refractivity contribution in [2.45, 2.75) is 69.1 Å². The van der Waals surface area contributed by atoms with E-state index in [0.717, 1.165) is 61.7 Å². The summed E-state index contributed by atoms with van der Waals surface area (Å²) in [5, 5.41) is 10.9. The summed E-state index contributed by atoms with van der Waals surface area (Å²) in [5.41, 5.74) is 3.50.